The molecule has 6 heteroatoms. The maximum absolute atomic E-state index is 2.73. The van der Waals surface area contributed by atoms with E-state index in [9.17, 15) is 0 Å². The van der Waals surface area contributed by atoms with E-state index >= 15 is 0 Å². The van der Waals surface area contributed by atoms with Crippen LogP contribution in [0.1, 0.15) is 132 Å². The van der Waals surface area contributed by atoms with E-state index in [1.54, 1.807) is 0 Å². The molecule has 0 radical (unpaired) electrons. The molecule has 0 N–H and O–H groups in total. The van der Waals surface area contributed by atoms with Gasteiger partial charge in [0.15, 0.2) is 0 Å². The first-order valence-electron chi connectivity index (χ1n) is 33.1. The number of rotatable bonds is 6. The molecule has 0 unspecified atom stereocenters. The monoisotopic (exact) mass is 1230 g/mol. The van der Waals surface area contributed by atoms with Gasteiger partial charge >= 0.3 is 0 Å². The first-order chi connectivity index (χ1) is 43.8. The van der Waals surface area contributed by atoms with Crippen LogP contribution in [0.2, 0.25) is 0 Å². The third kappa shape index (κ3) is 10.3. The van der Waals surface area contributed by atoms with Crippen LogP contribution in [0.3, 0.4) is 0 Å². The molecule has 11 aromatic carbocycles. The standard InChI is InChI=1S/C86H82B2N2S2/c1-82(2,3)59-33-29-53(30-34-59)57-45-73-79-77(47-57)91-75-49-62(85(10,11)12)39-43-67(75)87(79)69-51-70-72(52-71(69)89(73)64-41-37-61(38-42-64)84(7,8)9)90(81-65(55-23-18-16-19-24-55)27-22-28-66(81)56-25-20-17-21-26-56)74-46-58(54-31-35-60(36-32-54)83(4,5)6)48-78-80(74)88(70)68-44-40-63(86(13,14)15)50-76(68)92-78/h16-52H,1-15H3. The molecule has 4 heterocycles. The average Bonchev–Trinajstić information content (AvgIpc) is 0.690. The van der Waals surface area contributed by atoms with Crippen LogP contribution in [-0.2, 0) is 27.1 Å². The fourth-order valence-corrected chi connectivity index (χ4v) is 17.2. The normalized spacial score (nSPS) is 14.1. The van der Waals surface area contributed by atoms with Crippen molar-refractivity contribution in [2.45, 2.75) is 151 Å². The molecule has 4 aliphatic rings. The Morgan fingerprint density at radius 2 is 0.630 bits per heavy atom. The largest absolute Gasteiger partial charge is 0.311 e. The summed E-state index contributed by atoms with van der Waals surface area (Å²) < 4.78 is 0. The minimum Gasteiger partial charge on any atom is -0.311 e. The van der Waals surface area contributed by atoms with Crippen LogP contribution in [0.15, 0.2) is 244 Å². The number of hydrogen-bond acceptors (Lipinski definition) is 4. The van der Waals surface area contributed by atoms with Crippen LogP contribution in [0.5, 0.6) is 0 Å². The highest BCUT2D eigenvalue weighted by Crippen LogP contribution is 2.53. The molecule has 0 bridgehead atoms. The Labute approximate surface area is 557 Å². The minimum atomic E-state index is -0.0808. The number of benzene rings is 11. The van der Waals surface area contributed by atoms with Gasteiger partial charge in [-0.05, 0) is 165 Å². The van der Waals surface area contributed by atoms with Gasteiger partial charge in [-0.15, -0.1) is 0 Å². The van der Waals surface area contributed by atoms with E-state index in [4.69, 9.17) is 0 Å². The zero-order valence-electron chi connectivity index (χ0n) is 56.2. The van der Waals surface area contributed by atoms with Gasteiger partial charge in [0.25, 0.3) is 0 Å². The summed E-state index contributed by atoms with van der Waals surface area (Å²) in [6.45, 7) is 34.8. The van der Waals surface area contributed by atoms with Crippen molar-refractivity contribution in [3.63, 3.8) is 0 Å². The number of fused-ring (bicyclic) bond motifs is 8. The number of nitrogens with zero attached hydrogens (tertiary/aromatic N) is 2. The second-order valence-corrected chi connectivity index (χ2v) is 33.6. The Balaban J connectivity index is 1.09. The molecule has 0 fully saturated rings. The minimum absolute atomic E-state index is 0.0182. The molecule has 11 aromatic rings. The molecule has 0 amide bonds. The zero-order chi connectivity index (χ0) is 64.1. The maximum Gasteiger partial charge on any atom is 0.249 e. The van der Waals surface area contributed by atoms with Crippen LogP contribution in [-0.4, -0.2) is 13.4 Å². The number of para-hydroxylation sites is 1. The third-order valence-electron chi connectivity index (χ3n) is 20.0. The maximum atomic E-state index is 2.73. The second kappa shape index (κ2) is 21.7. The fraction of sp³-hybridized carbons (Fsp3) is 0.233. The predicted octanol–water partition coefficient (Wildman–Crippen LogP) is 20.4. The quantitative estimate of drug-likeness (QED) is 0.153. The van der Waals surface area contributed by atoms with E-state index in [-0.39, 0.29) is 40.5 Å². The van der Waals surface area contributed by atoms with Gasteiger partial charge < -0.3 is 9.80 Å². The molecule has 0 aromatic heterocycles. The summed E-state index contributed by atoms with van der Waals surface area (Å²) in [5.74, 6) is 0. The molecule has 15 rings (SSSR count). The molecule has 454 valence electrons. The fourth-order valence-electron chi connectivity index (χ4n) is 14.7. The topological polar surface area (TPSA) is 6.48 Å². The van der Waals surface area contributed by atoms with Gasteiger partial charge in [-0.3, -0.25) is 0 Å². The average molecular weight is 1230 g/mol. The summed E-state index contributed by atoms with van der Waals surface area (Å²) in [5, 5.41) is 0. The lowest BCUT2D eigenvalue weighted by Gasteiger charge is -2.45. The Bertz CT molecular complexity index is 4690. The highest BCUT2D eigenvalue weighted by atomic mass is 32.2. The summed E-state index contributed by atoms with van der Waals surface area (Å²) in [7, 11) is 0. The molecule has 0 aliphatic carbocycles. The second-order valence-electron chi connectivity index (χ2n) is 31.4. The molecule has 0 saturated carbocycles. The number of hydrogen-bond donors (Lipinski definition) is 0. The molecule has 0 spiro atoms. The highest BCUT2D eigenvalue weighted by molar-refractivity contribution is 8.00. The summed E-state index contributed by atoms with van der Waals surface area (Å²) in [6.07, 6.45) is 0. The Kier molecular flexibility index (Phi) is 14.2. The summed E-state index contributed by atoms with van der Waals surface area (Å²) in [6, 6.07) is 88.0. The molecule has 2 nitrogen and oxygen atoms in total. The SMILES string of the molecule is CC(C)(C)c1ccc(-c2cc3c4c(c2)N(c2ccc(C(C)(C)C)cc2)c2cc5c(cc2B4c2ccc(C(C)(C)C)cc2S3)B2c3ccc(C(C)(C)C)cc3Sc3cc(-c4ccc(C(C)(C)C)cc4)cc(c32)N5c2c(-c3ccccc3)cccc2-c2ccccc2)cc1. The molecule has 4 aliphatic heterocycles. The predicted molar refractivity (Wildman–Crippen MR) is 401 cm³/mol. The van der Waals surface area contributed by atoms with E-state index in [1.807, 2.05) is 23.5 Å². The number of anilines is 6. The third-order valence-corrected chi connectivity index (χ3v) is 22.3. The van der Waals surface area contributed by atoms with Gasteiger partial charge in [-0.25, -0.2) is 0 Å². The van der Waals surface area contributed by atoms with Crippen molar-refractivity contribution in [3.05, 3.63) is 252 Å². The Hall–Kier alpha value is -8.15. The molecule has 92 heavy (non-hydrogen) atoms. The van der Waals surface area contributed by atoms with Crippen molar-refractivity contribution in [2.24, 2.45) is 0 Å². The van der Waals surface area contributed by atoms with Crippen LogP contribution in [0.4, 0.5) is 34.1 Å². The summed E-state index contributed by atoms with van der Waals surface area (Å²) >= 11 is 3.93. The Morgan fingerprint density at radius 3 is 1.03 bits per heavy atom. The lowest BCUT2D eigenvalue weighted by molar-refractivity contribution is 0.588. The van der Waals surface area contributed by atoms with Crippen molar-refractivity contribution < 1.29 is 0 Å². The molecule has 0 atom stereocenters. The smallest absolute Gasteiger partial charge is 0.249 e. The van der Waals surface area contributed by atoms with E-state index in [0.29, 0.717) is 0 Å². The summed E-state index contributed by atoms with van der Waals surface area (Å²) in [4.78, 5) is 10.7. The highest BCUT2D eigenvalue weighted by Gasteiger charge is 2.48. The van der Waals surface area contributed by atoms with Gasteiger partial charge in [0.05, 0.1) is 5.69 Å². The molecular weight excluding hydrogens is 1150 g/mol. The zero-order valence-corrected chi connectivity index (χ0v) is 57.9. The van der Waals surface area contributed by atoms with E-state index in [1.165, 1.54) is 153 Å². The summed E-state index contributed by atoms with van der Waals surface area (Å²) in [5.41, 5.74) is 31.5. The van der Waals surface area contributed by atoms with E-state index in [0.717, 1.165) is 5.69 Å². The first-order valence-corrected chi connectivity index (χ1v) is 34.7. The van der Waals surface area contributed by atoms with Crippen molar-refractivity contribution in [2.75, 3.05) is 9.80 Å². The van der Waals surface area contributed by atoms with Gasteiger partial charge in [-0.2, -0.15) is 0 Å². The first kappa shape index (κ1) is 60.1. The van der Waals surface area contributed by atoms with Crippen molar-refractivity contribution in [1.29, 1.82) is 0 Å². The van der Waals surface area contributed by atoms with Crippen molar-refractivity contribution in [1.82, 2.24) is 0 Å². The van der Waals surface area contributed by atoms with E-state index in [2.05, 4.69) is 338 Å². The van der Waals surface area contributed by atoms with Crippen LogP contribution >= 0.6 is 23.5 Å². The van der Waals surface area contributed by atoms with Gasteiger partial charge in [0.1, 0.15) is 0 Å². The van der Waals surface area contributed by atoms with Crippen molar-refractivity contribution >= 4 is 104 Å². The lowest BCUT2D eigenvalue weighted by Crippen LogP contribution is -2.64. The molecular formula is C86H82B2N2S2. The van der Waals surface area contributed by atoms with Gasteiger partial charge in [-0.1, -0.05) is 308 Å². The lowest BCUT2D eigenvalue weighted by atomic mass is 9.31. The van der Waals surface area contributed by atoms with Gasteiger partial charge in [0, 0.05) is 59.1 Å². The van der Waals surface area contributed by atoms with Crippen LogP contribution < -0.4 is 42.6 Å². The molecule has 0 saturated heterocycles. The van der Waals surface area contributed by atoms with E-state index < -0.39 is 0 Å². The van der Waals surface area contributed by atoms with Crippen molar-refractivity contribution in [3.8, 4) is 44.5 Å². The van der Waals surface area contributed by atoms with Crippen LogP contribution in [0.25, 0.3) is 44.5 Å². The van der Waals surface area contributed by atoms with Crippen LogP contribution in [0, 0.1) is 0 Å². The van der Waals surface area contributed by atoms with Gasteiger partial charge in [0.2, 0.25) is 13.4 Å². The Morgan fingerprint density at radius 1 is 0.261 bits per heavy atom.